The summed E-state index contributed by atoms with van der Waals surface area (Å²) in [4.78, 5) is 28.6. The summed E-state index contributed by atoms with van der Waals surface area (Å²) in [6.45, 7) is 5.99. The van der Waals surface area contributed by atoms with Crippen LogP contribution in [-0.4, -0.2) is 58.5 Å². The third-order valence-electron chi connectivity index (χ3n) is 5.01. The van der Waals surface area contributed by atoms with Crippen LogP contribution in [0.25, 0.3) is 0 Å². The zero-order valence-electron chi connectivity index (χ0n) is 16.1. The number of rotatable bonds is 7. The number of unbranched alkanes of at least 4 members (excludes halogenated alkanes) is 1. The molecule has 1 aromatic heterocycles. The fourth-order valence-corrected chi connectivity index (χ4v) is 3.35. The summed E-state index contributed by atoms with van der Waals surface area (Å²) in [6.07, 6.45) is 2.01. The molecule has 1 aromatic carbocycles. The van der Waals surface area contributed by atoms with Gasteiger partial charge in [-0.2, -0.15) is 0 Å². The monoisotopic (exact) mass is 372 g/mol. The number of aryl methyl sites for hydroxylation is 1. The number of hydrogen-bond acceptors (Lipinski definition) is 6. The molecule has 3 rings (SSSR count). The van der Waals surface area contributed by atoms with Crippen LogP contribution < -0.4 is 21.5 Å². The molecular formula is C19H28N6O2. The van der Waals surface area contributed by atoms with Crippen LogP contribution in [0.2, 0.25) is 0 Å². The molecule has 27 heavy (non-hydrogen) atoms. The van der Waals surface area contributed by atoms with Gasteiger partial charge in [-0.25, -0.2) is 9.48 Å². The number of para-hydroxylation sites is 1. The lowest BCUT2D eigenvalue weighted by atomic mass is 10.2. The molecule has 1 saturated heterocycles. The van der Waals surface area contributed by atoms with E-state index >= 15 is 0 Å². The van der Waals surface area contributed by atoms with Crippen molar-refractivity contribution in [3.8, 4) is 0 Å². The average molecular weight is 372 g/mol. The summed E-state index contributed by atoms with van der Waals surface area (Å²) in [5.41, 5.74) is 0.503. The Kier molecular flexibility index (Phi) is 6.28. The number of nitrogens with one attached hydrogen (secondary N) is 1. The van der Waals surface area contributed by atoms with Gasteiger partial charge in [-0.05, 0) is 31.5 Å². The van der Waals surface area contributed by atoms with E-state index in [9.17, 15) is 9.59 Å². The van der Waals surface area contributed by atoms with Crippen molar-refractivity contribution in [3.05, 3.63) is 51.2 Å². The van der Waals surface area contributed by atoms with Crippen molar-refractivity contribution < 1.29 is 0 Å². The highest BCUT2D eigenvalue weighted by Gasteiger charge is 2.16. The first-order valence-electron chi connectivity index (χ1n) is 9.47. The molecule has 0 saturated carbocycles. The molecule has 1 fully saturated rings. The first-order chi connectivity index (χ1) is 13.1. The lowest BCUT2D eigenvalue weighted by molar-refractivity contribution is 0.254. The number of anilines is 2. The largest absolute Gasteiger partial charge is 0.369 e. The second-order valence-electron chi connectivity index (χ2n) is 6.92. The molecule has 0 spiro atoms. The van der Waals surface area contributed by atoms with E-state index in [-0.39, 0.29) is 11.4 Å². The van der Waals surface area contributed by atoms with E-state index in [0.29, 0.717) is 6.54 Å². The van der Waals surface area contributed by atoms with Crippen LogP contribution >= 0.6 is 0 Å². The maximum Gasteiger partial charge on any atom is 0.346 e. The molecule has 146 valence electrons. The van der Waals surface area contributed by atoms with E-state index < -0.39 is 5.69 Å². The number of aromatic nitrogens is 3. The number of piperazine rings is 1. The van der Waals surface area contributed by atoms with Gasteiger partial charge in [0.05, 0.1) is 0 Å². The average Bonchev–Trinajstić information content (AvgIpc) is 2.71. The molecule has 0 atom stereocenters. The van der Waals surface area contributed by atoms with Gasteiger partial charge in [-0.15, -0.1) is 5.10 Å². The van der Waals surface area contributed by atoms with Crippen LogP contribution in [0.15, 0.2) is 39.9 Å². The number of benzene rings is 1. The third kappa shape index (κ3) is 4.77. The maximum absolute atomic E-state index is 12.0. The summed E-state index contributed by atoms with van der Waals surface area (Å²) < 4.78 is 2.25. The predicted octanol–water partition coefficient (Wildman–Crippen LogP) is 0.493. The van der Waals surface area contributed by atoms with Crippen LogP contribution in [-0.2, 0) is 14.1 Å². The third-order valence-corrected chi connectivity index (χ3v) is 5.01. The Labute approximate surface area is 159 Å². The van der Waals surface area contributed by atoms with Crippen molar-refractivity contribution in [1.29, 1.82) is 0 Å². The number of nitrogens with zero attached hydrogens (tertiary/aromatic N) is 5. The highest BCUT2D eigenvalue weighted by molar-refractivity contribution is 5.46. The number of hydrogen-bond donors (Lipinski definition) is 1. The van der Waals surface area contributed by atoms with E-state index in [4.69, 9.17) is 0 Å². The van der Waals surface area contributed by atoms with Crippen molar-refractivity contribution in [2.45, 2.75) is 12.8 Å². The summed E-state index contributed by atoms with van der Waals surface area (Å²) in [5, 5.41) is 7.06. The Morgan fingerprint density at radius 2 is 1.70 bits per heavy atom. The Hall–Kier alpha value is -2.61. The van der Waals surface area contributed by atoms with Crippen molar-refractivity contribution >= 4 is 11.5 Å². The smallest absolute Gasteiger partial charge is 0.346 e. The minimum Gasteiger partial charge on any atom is -0.369 e. The van der Waals surface area contributed by atoms with E-state index in [1.54, 1.807) is 7.05 Å². The van der Waals surface area contributed by atoms with Gasteiger partial charge in [0.15, 0.2) is 0 Å². The van der Waals surface area contributed by atoms with E-state index in [1.807, 2.05) is 6.07 Å². The SMILES string of the molecule is Cn1nc(NCCCCN2CCN(c3ccccc3)CC2)c(=O)n(C)c1=O. The predicted molar refractivity (Wildman–Crippen MR) is 108 cm³/mol. The quantitative estimate of drug-likeness (QED) is 0.713. The zero-order valence-corrected chi connectivity index (χ0v) is 16.1. The molecule has 1 aliphatic heterocycles. The molecule has 0 unspecified atom stereocenters. The minimum atomic E-state index is -0.416. The van der Waals surface area contributed by atoms with Crippen molar-refractivity contribution in [2.75, 3.05) is 49.5 Å². The standard InChI is InChI=1S/C19H28N6O2/c1-22-18(26)17(21-23(2)19(22)27)20-10-6-7-11-24-12-14-25(15-13-24)16-8-4-3-5-9-16/h3-5,8-9H,6-7,10-15H2,1-2H3,(H,20,21). The molecular weight excluding hydrogens is 344 g/mol. The van der Waals surface area contributed by atoms with Gasteiger partial charge in [-0.3, -0.25) is 14.3 Å². The molecule has 0 bridgehead atoms. The first kappa shape index (κ1) is 19.2. The molecule has 1 N–H and O–H groups in total. The summed E-state index contributed by atoms with van der Waals surface area (Å²) in [7, 11) is 3.01. The van der Waals surface area contributed by atoms with Crippen LogP contribution in [0.3, 0.4) is 0 Å². The molecule has 2 aromatic rings. The molecule has 8 heteroatoms. The second kappa shape index (κ2) is 8.85. The summed E-state index contributed by atoms with van der Waals surface area (Å²) >= 11 is 0. The fraction of sp³-hybridized carbons (Fsp3) is 0.526. The van der Waals surface area contributed by atoms with Gasteiger partial charge >= 0.3 is 5.69 Å². The topological polar surface area (TPSA) is 75.4 Å². The highest BCUT2D eigenvalue weighted by Crippen LogP contribution is 2.15. The van der Waals surface area contributed by atoms with E-state index in [1.165, 1.54) is 17.4 Å². The molecule has 0 amide bonds. The Morgan fingerprint density at radius 1 is 1.00 bits per heavy atom. The lowest BCUT2D eigenvalue weighted by Gasteiger charge is -2.36. The molecule has 2 heterocycles. The van der Waals surface area contributed by atoms with E-state index in [0.717, 1.165) is 50.1 Å². The fourth-order valence-electron chi connectivity index (χ4n) is 3.35. The highest BCUT2D eigenvalue weighted by atomic mass is 16.2. The second-order valence-corrected chi connectivity index (χ2v) is 6.92. The van der Waals surface area contributed by atoms with Crippen LogP contribution in [0, 0.1) is 0 Å². The van der Waals surface area contributed by atoms with Gasteiger partial charge < -0.3 is 10.2 Å². The zero-order chi connectivity index (χ0) is 19.2. The normalized spacial score (nSPS) is 15.1. The Morgan fingerprint density at radius 3 is 2.41 bits per heavy atom. The van der Waals surface area contributed by atoms with Crippen molar-refractivity contribution in [1.82, 2.24) is 19.2 Å². The molecule has 0 aliphatic carbocycles. The van der Waals surface area contributed by atoms with E-state index in [2.05, 4.69) is 44.5 Å². The van der Waals surface area contributed by atoms with Gasteiger partial charge in [-0.1, -0.05) is 18.2 Å². The van der Waals surface area contributed by atoms with Gasteiger partial charge in [0.1, 0.15) is 0 Å². The van der Waals surface area contributed by atoms with Gasteiger partial charge in [0.25, 0.3) is 5.56 Å². The minimum absolute atomic E-state index is 0.232. The van der Waals surface area contributed by atoms with Gasteiger partial charge in [0.2, 0.25) is 5.82 Å². The van der Waals surface area contributed by atoms with Crippen LogP contribution in [0.1, 0.15) is 12.8 Å². The maximum atomic E-state index is 12.0. The first-order valence-corrected chi connectivity index (χ1v) is 9.47. The Balaban J connectivity index is 1.37. The van der Waals surface area contributed by atoms with Gasteiger partial charge in [0, 0.05) is 52.5 Å². The van der Waals surface area contributed by atoms with Crippen molar-refractivity contribution in [3.63, 3.8) is 0 Å². The summed E-state index contributed by atoms with van der Waals surface area (Å²) in [6, 6.07) is 10.6. The van der Waals surface area contributed by atoms with Crippen LogP contribution in [0.4, 0.5) is 11.5 Å². The lowest BCUT2D eigenvalue weighted by Crippen LogP contribution is -2.46. The molecule has 8 nitrogen and oxygen atoms in total. The molecule has 1 aliphatic rings. The molecule has 0 radical (unpaired) electrons. The summed E-state index contributed by atoms with van der Waals surface area (Å²) in [5.74, 6) is 0.232. The Bertz CT molecular complexity index is 853. The van der Waals surface area contributed by atoms with Crippen molar-refractivity contribution in [2.24, 2.45) is 14.1 Å². The van der Waals surface area contributed by atoms with Crippen LogP contribution in [0.5, 0.6) is 0 Å².